The van der Waals surface area contributed by atoms with E-state index in [9.17, 15) is 5.11 Å². The Hall–Kier alpha value is -0.470. The summed E-state index contributed by atoms with van der Waals surface area (Å²) >= 11 is 1.95. The van der Waals surface area contributed by atoms with Crippen molar-refractivity contribution in [1.29, 1.82) is 0 Å². The Morgan fingerprint density at radius 2 is 2.18 bits per heavy atom. The Balaban J connectivity index is 2.01. The summed E-state index contributed by atoms with van der Waals surface area (Å²) in [4.78, 5) is 0. The Morgan fingerprint density at radius 3 is 2.88 bits per heavy atom. The quantitative estimate of drug-likeness (QED) is 0.886. The maximum atomic E-state index is 10.3. The fourth-order valence-corrected chi connectivity index (χ4v) is 3.77. The summed E-state index contributed by atoms with van der Waals surface area (Å²) in [6.07, 6.45) is 4.40. The molecule has 0 radical (unpaired) electrons. The molecule has 0 aromatic heterocycles. The molecule has 2 unspecified atom stereocenters. The van der Waals surface area contributed by atoms with Crippen molar-refractivity contribution >= 4 is 11.8 Å². The van der Waals surface area contributed by atoms with Gasteiger partial charge >= 0.3 is 0 Å². The van der Waals surface area contributed by atoms with Gasteiger partial charge < -0.3 is 5.11 Å². The fraction of sp³-hybridized carbons (Fsp3) is 0.600. The third kappa shape index (κ3) is 3.49. The second kappa shape index (κ2) is 5.92. The van der Waals surface area contributed by atoms with Gasteiger partial charge in [0.15, 0.2) is 0 Å². The van der Waals surface area contributed by atoms with Crippen LogP contribution in [0.3, 0.4) is 0 Å². The topological polar surface area (TPSA) is 20.2 Å². The molecule has 2 heteroatoms. The van der Waals surface area contributed by atoms with Crippen molar-refractivity contribution in [2.45, 2.75) is 50.9 Å². The summed E-state index contributed by atoms with van der Waals surface area (Å²) in [6.45, 7) is 4.25. The van der Waals surface area contributed by atoms with E-state index in [2.05, 4.69) is 32.0 Å². The largest absolute Gasteiger partial charge is 0.392 e. The third-order valence-corrected chi connectivity index (χ3v) is 5.08. The van der Waals surface area contributed by atoms with Crippen molar-refractivity contribution < 1.29 is 5.11 Å². The van der Waals surface area contributed by atoms with Gasteiger partial charge in [-0.1, -0.05) is 30.2 Å². The molecule has 1 aliphatic rings. The molecule has 17 heavy (non-hydrogen) atoms. The molecule has 0 saturated carbocycles. The zero-order valence-electron chi connectivity index (χ0n) is 10.8. The number of rotatable bonds is 3. The lowest BCUT2D eigenvalue weighted by molar-refractivity contribution is 0.166. The van der Waals surface area contributed by atoms with Crippen LogP contribution >= 0.6 is 11.8 Å². The van der Waals surface area contributed by atoms with E-state index in [1.165, 1.54) is 41.7 Å². The van der Waals surface area contributed by atoms with Crippen molar-refractivity contribution in [3.05, 3.63) is 34.9 Å². The molecule has 1 heterocycles. The van der Waals surface area contributed by atoms with E-state index < -0.39 is 0 Å². The van der Waals surface area contributed by atoms with Gasteiger partial charge in [-0.15, -0.1) is 0 Å². The molecule has 1 aromatic carbocycles. The summed E-state index contributed by atoms with van der Waals surface area (Å²) in [5.41, 5.74) is 3.90. The van der Waals surface area contributed by atoms with Crippen LogP contribution in [0.1, 0.15) is 36.0 Å². The van der Waals surface area contributed by atoms with Gasteiger partial charge in [-0.3, -0.25) is 0 Å². The Labute approximate surface area is 109 Å². The summed E-state index contributed by atoms with van der Waals surface area (Å²) in [7, 11) is 0. The monoisotopic (exact) mass is 250 g/mol. The summed E-state index contributed by atoms with van der Waals surface area (Å²) < 4.78 is 0. The molecule has 1 aliphatic heterocycles. The highest BCUT2D eigenvalue weighted by Crippen LogP contribution is 2.29. The average Bonchev–Trinajstić information content (AvgIpc) is 2.35. The first-order chi connectivity index (χ1) is 8.16. The molecule has 1 nitrogen and oxygen atoms in total. The zero-order valence-corrected chi connectivity index (χ0v) is 11.6. The number of hydrogen-bond donors (Lipinski definition) is 1. The summed E-state index contributed by atoms with van der Waals surface area (Å²) in [5, 5.41) is 10.8. The lowest BCUT2D eigenvalue weighted by Crippen LogP contribution is -2.28. The number of hydrogen-bond acceptors (Lipinski definition) is 2. The minimum absolute atomic E-state index is 0.180. The molecule has 1 fully saturated rings. The third-order valence-electron chi connectivity index (χ3n) is 3.58. The van der Waals surface area contributed by atoms with Crippen LogP contribution in [0, 0.1) is 13.8 Å². The first-order valence-electron chi connectivity index (χ1n) is 6.52. The smallest absolute Gasteiger partial charge is 0.0699 e. The Bertz CT molecular complexity index is 369. The maximum absolute atomic E-state index is 10.3. The lowest BCUT2D eigenvalue weighted by atomic mass is 9.97. The molecular formula is C15H22OS. The van der Waals surface area contributed by atoms with Crippen LogP contribution in [-0.4, -0.2) is 22.2 Å². The van der Waals surface area contributed by atoms with Crippen molar-refractivity contribution in [3.8, 4) is 0 Å². The van der Waals surface area contributed by atoms with E-state index >= 15 is 0 Å². The minimum Gasteiger partial charge on any atom is -0.392 e. The SMILES string of the molecule is Cc1ccc(C)c(CC(O)C2CCCCS2)c1. The van der Waals surface area contributed by atoms with Crippen molar-refractivity contribution in [2.75, 3.05) is 5.75 Å². The number of benzene rings is 1. The van der Waals surface area contributed by atoms with Crippen LogP contribution in [0.2, 0.25) is 0 Å². The van der Waals surface area contributed by atoms with Gasteiger partial charge in [0.05, 0.1) is 6.10 Å². The average molecular weight is 250 g/mol. The van der Waals surface area contributed by atoms with Gasteiger partial charge in [-0.25, -0.2) is 0 Å². The molecule has 0 bridgehead atoms. The van der Waals surface area contributed by atoms with Crippen LogP contribution < -0.4 is 0 Å². The summed E-state index contributed by atoms with van der Waals surface area (Å²) in [6, 6.07) is 6.51. The van der Waals surface area contributed by atoms with Gasteiger partial charge in [0.2, 0.25) is 0 Å². The predicted molar refractivity (Wildman–Crippen MR) is 75.7 cm³/mol. The van der Waals surface area contributed by atoms with Gasteiger partial charge in [0, 0.05) is 5.25 Å². The first-order valence-corrected chi connectivity index (χ1v) is 7.57. The minimum atomic E-state index is -0.180. The van der Waals surface area contributed by atoms with Crippen LogP contribution in [0.25, 0.3) is 0 Å². The molecule has 2 rings (SSSR count). The molecule has 94 valence electrons. The predicted octanol–water partition coefficient (Wildman–Crippen LogP) is 3.49. The van der Waals surface area contributed by atoms with Crippen LogP contribution in [0.5, 0.6) is 0 Å². The second-order valence-electron chi connectivity index (χ2n) is 5.11. The zero-order chi connectivity index (χ0) is 12.3. The molecule has 1 N–H and O–H groups in total. The number of aliphatic hydroxyl groups excluding tert-OH is 1. The van der Waals surface area contributed by atoms with Gasteiger partial charge in [-0.2, -0.15) is 11.8 Å². The number of aliphatic hydroxyl groups is 1. The molecule has 1 saturated heterocycles. The molecular weight excluding hydrogens is 228 g/mol. The maximum Gasteiger partial charge on any atom is 0.0699 e. The normalized spacial score (nSPS) is 22.4. The van der Waals surface area contributed by atoms with E-state index in [0.29, 0.717) is 5.25 Å². The van der Waals surface area contributed by atoms with E-state index in [1.54, 1.807) is 0 Å². The number of thioether (sulfide) groups is 1. The van der Waals surface area contributed by atoms with Crippen molar-refractivity contribution in [3.63, 3.8) is 0 Å². The van der Waals surface area contributed by atoms with Crippen LogP contribution in [0.15, 0.2) is 18.2 Å². The van der Waals surface area contributed by atoms with Gasteiger partial charge in [-0.05, 0) is 50.0 Å². The Morgan fingerprint density at radius 1 is 1.35 bits per heavy atom. The second-order valence-corrected chi connectivity index (χ2v) is 6.45. The fourth-order valence-electron chi connectivity index (χ4n) is 2.45. The standard InChI is InChI=1S/C15H22OS/c1-11-6-7-12(2)13(9-11)10-14(16)15-5-3-4-8-17-15/h6-7,9,14-16H,3-5,8,10H2,1-2H3. The molecule has 0 spiro atoms. The van der Waals surface area contributed by atoms with Crippen molar-refractivity contribution in [1.82, 2.24) is 0 Å². The first kappa shape index (κ1) is 13.0. The van der Waals surface area contributed by atoms with E-state index in [0.717, 1.165) is 6.42 Å². The van der Waals surface area contributed by atoms with Crippen molar-refractivity contribution in [2.24, 2.45) is 0 Å². The van der Waals surface area contributed by atoms with E-state index in [-0.39, 0.29) is 6.10 Å². The van der Waals surface area contributed by atoms with E-state index in [4.69, 9.17) is 0 Å². The highest BCUT2D eigenvalue weighted by molar-refractivity contribution is 8.00. The molecule has 0 aliphatic carbocycles. The highest BCUT2D eigenvalue weighted by Gasteiger charge is 2.22. The van der Waals surface area contributed by atoms with Gasteiger partial charge in [0.25, 0.3) is 0 Å². The van der Waals surface area contributed by atoms with Crippen LogP contribution in [0.4, 0.5) is 0 Å². The molecule has 1 aromatic rings. The van der Waals surface area contributed by atoms with Gasteiger partial charge in [0.1, 0.15) is 0 Å². The van der Waals surface area contributed by atoms with E-state index in [1.807, 2.05) is 11.8 Å². The Kier molecular flexibility index (Phi) is 4.52. The number of aryl methyl sites for hydroxylation is 2. The molecule has 0 amide bonds. The highest BCUT2D eigenvalue weighted by atomic mass is 32.2. The summed E-state index contributed by atoms with van der Waals surface area (Å²) in [5.74, 6) is 1.22. The van der Waals surface area contributed by atoms with Crippen LogP contribution in [-0.2, 0) is 6.42 Å². The lowest BCUT2D eigenvalue weighted by Gasteiger charge is -2.26. The molecule has 2 atom stereocenters.